The predicted octanol–water partition coefficient (Wildman–Crippen LogP) is -1.69. The molecular formula is C14H23FN6O5. The number of anilines is 3. The van der Waals surface area contributed by atoms with E-state index in [9.17, 15) is 19.1 Å². The van der Waals surface area contributed by atoms with Gasteiger partial charge in [-0.05, 0) is 0 Å². The third kappa shape index (κ3) is 3.49. The number of ether oxygens (including phenoxy) is 1. The van der Waals surface area contributed by atoms with Gasteiger partial charge in [-0.25, -0.2) is 9.82 Å². The highest BCUT2D eigenvalue weighted by Gasteiger charge is 2.54. The molecule has 1 aromatic rings. The van der Waals surface area contributed by atoms with Gasteiger partial charge in [0.25, 0.3) is 5.56 Å². The average Bonchev–Trinajstić information content (AvgIpc) is 2.88. The van der Waals surface area contributed by atoms with Crippen LogP contribution in [0.2, 0.25) is 0 Å². The molecule has 0 aromatic carbocycles. The summed E-state index contributed by atoms with van der Waals surface area (Å²) in [5.41, 5.74) is 4.78. The molecule has 2 heterocycles. The summed E-state index contributed by atoms with van der Waals surface area (Å²) in [6.45, 7) is 2.14. The number of nitrogens with zero attached hydrogens (tertiary/aromatic N) is 2. The van der Waals surface area contributed by atoms with E-state index in [-0.39, 0.29) is 17.7 Å². The zero-order chi connectivity index (χ0) is 19.6. The monoisotopic (exact) mass is 374 g/mol. The second-order valence-electron chi connectivity index (χ2n) is 6.17. The van der Waals surface area contributed by atoms with Crippen molar-refractivity contribution < 1.29 is 24.1 Å². The third-order valence-electron chi connectivity index (χ3n) is 3.98. The molecule has 0 spiro atoms. The lowest BCUT2D eigenvalue weighted by Crippen LogP contribution is -2.62. The van der Waals surface area contributed by atoms with Crippen LogP contribution in [0.5, 0.6) is 0 Å². The number of nitrogens with two attached hydrogens (primary N) is 1. The van der Waals surface area contributed by atoms with Gasteiger partial charge in [0.1, 0.15) is 11.8 Å². The van der Waals surface area contributed by atoms with Crippen molar-refractivity contribution in [3.05, 3.63) is 10.4 Å². The minimum Gasteiger partial charge on any atom is -0.394 e. The normalized spacial score (nSPS) is 25.5. The van der Waals surface area contributed by atoms with E-state index in [4.69, 9.17) is 15.6 Å². The largest absolute Gasteiger partial charge is 0.394 e. The number of carbonyl (C=O) groups is 1. The first-order valence-electron chi connectivity index (χ1n) is 7.92. The van der Waals surface area contributed by atoms with Gasteiger partial charge in [-0.2, -0.15) is 4.98 Å². The summed E-state index contributed by atoms with van der Waals surface area (Å²) in [6, 6.07) is 0. The molecule has 12 heteroatoms. The first-order chi connectivity index (χ1) is 12.2. The Kier molecular flexibility index (Phi) is 5.81. The van der Waals surface area contributed by atoms with Crippen LogP contribution in [0.15, 0.2) is 4.79 Å². The Morgan fingerprint density at radius 1 is 1.62 bits per heavy atom. The molecule has 0 saturated carbocycles. The van der Waals surface area contributed by atoms with E-state index in [0.717, 1.165) is 5.01 Å². The Bertz CT molecular complexity index is 728. The predicted molar refractivity (Wildman–Crippen MR) is 90.9 cm³/mol. The molecule has 1 amide bonds. The minimum atomic E-state index is -2.28. The van der Waals surface area contributed by atoms with Crippen molar-refractivity contribution in [1.82, 2.24) is 15.4 Å². The Morgan fingerprint density at radius 2 is 2.27 bits per heavy atom. The van der Waals surface area contributed by atoms with Gasteiger partial charge in [0.2, 0.25) is 17.6 Å². The molecule has 26 heavy (non-hydrogen) atoms. The van der Waals surface area contributed by atoms with E-state index in [1.807, 2.05) is 0 Å². The maximum absolute atomic E-state index is 14.6. The Balaban J connectivity index is 2.46. The molecule has 1 aliphatic heterocycles. The van der Waals surface area contributed by atoms with Crippen LogP contribution in [0.1, 0.15) is 13.8 Å². The number of nitrogen functional groups attached to an aromatic ring is 1. The third-order valence-corrected chi connectivity index (χ3v) is 3.98. The molecule has 0 radical (unpaired) electrons. The molecule has 1 fully saturated rings. The van der Waals surface area contributed by atoms with E-state index >= 15 is 0 Å². The summed E-state index contributed by atoms with van der Waals surface area (Å²) in [7, 11) is 1.35. The minimum absolute atomic E-state index is 0.213. The number of aliphatic hydroxyl groups is 2. The van der Waals surface area contributed by atoms with Gasteiger partial charge in [-0.1, -0.05) is 13.8 Å². The SMILES string of the molecule is CNN(c1nc(NC(=O)C(C)C)[nH]c(=O)c1N)[C@@]1(O)CO[C@H](CO)[C@H]1F. The fourth-order valence-corrected chi connectivity index (χ4v) is 2.47. The van der Waals surface area contributed by atoms with Crippen LogP contribution in [0.4, 0.5) is 21.8 Å². The quantitative estimate of drug-likeness (QED) is 0.251. The lowest BCUT2D eigenvalue weighted by molar-refractivity contribution is -0.118. The van der Waals surface area contributed by atoms with Gasteiger partial charge in [0.15, 0.2) is 12.0 Å². The number of alkyl halides is 1. The Morgan fingerprint density at radius 3 is 2.77 bits per heavy atom. The number of H-pyrrole nitrogens is 1. The van der Waals surface area contributed by atoms with Gasteiger partial charge < -0.3 is 20.7 Å². The number of nitrogens with one attached hydrogen (secondary N) is 3. The van der Waals surface area contributed by atoms with Crippen molar-refractivity contribution in [3.8, 4) is 0 Å². The maximum Gasteiger partial charge on any atom is 0.277 e. The summed E-state index contributed by atoms with van der Waals surface area (Å²) >= 11 is 0. The van der Waals surface area contributed by atoms with E-state index in [1.165, 1.54) is 7.05 Å². The number of halogens is 1. The van der Waals surface area contributed by atoms with Crippen molar-refractivity contribution in [2.75, 3.05) is 36.3 Å². The summed E-state index contributed by atoms with van der Waals surface area (Å²) in [6.07, 6.45) is -3.27. The molecular weight excluding hydrogens is 351 g/mol. The van der Waals surface area contributed by atoms with Crippen molar-refractivity contribution in [1.29, 1.82) is 0 Å². The molecule has 146 valence electrons. The Hall–Kier alpha value is -2.28. The molecule has 0 unspecified atom stereocenters. The van der Waals surface area contributed by atoms with Crippen molar-refractivity contribution >= 4 is 23.4 Å². The number of amides is 1. The zero-order valence-electron chi connectivity index (χ0n) is 14.6. The van der Waals surface area contributed by atoms with Gasteiger partial charge in [0.05, 0.1) is 13.2 Å². The molecule has 7 N–H and O–H groups in total. The maximum atomic E-state index is 14.6. The van der Waals surface area contributed by atoms with E-state index < -0.39 is 48.4 Å². The van der Waals surface area contributed by atoms with Gasteiger partial charge in [-0.3, -0.25) is 24.9 Å². The van der Waals surface area contributed by atoms with Crippen LogP contribution in [-0.4, -0.2) is 64.4 Å². The fraction of sp³-hybridized carbons (Fsp3) is 0.643. The Labute approximate surface area is 148 Å². The molecule has 0 bridgehead atoms. The molecule has 0 aliphatic carbocycles. The zero-order valence-corrected chi connectivity index (χ0v) is 14.6. The molecule has 1 aliphatic rings. The molecule has 1 saturated heterocycles. The van der Waals surface area contributed by atoms with E-state index in [1.54, 1.807) is 13.8 Å². The van der Waals surface area contributed by atoms with E-state index in [2.05, 4.69) is 20.7 Å². The number of rotatable bonds is 6. The standard InChI is InChI=1S/C14H23FN6O5/c1-6(2)11(23)19-13-18-10(8(16)12(24)20-13)21(17-3)14(25)5-26-7(4-22)9(14)15/h6-7,9,17,22,25H,4-5,16H2,1-3H3,(H2,18,19,20,23,24)/t7-,9-,14-/m1/s1. The first-order valence-corrected chi connectivity index (χ1v) is 7.92. The van der Waals surface area contributed by atoms with Crippen LogP contribution in [0.3, 0.4) is 0 Å². The van der Waals surface area contributed by atoms with Crippen molar-refractivity contribution in [3.63, 3.8) is 0 Å². The summed E-state index contributed by atoms with van der Waals surface area (Å²) in [4.78, 5) is 30.2. The summed E-state index contributed by atoms with van der Waals surface area (Å²) in [5, 5.41) is 23.1. The molecule has 1 aromatic heterocycles. The summed E-state index contributed by atoms with van der Waals surface area (Å²) < 4.78 is 19.6. The highest BCUT2D eigenvalue weighted by molar-refractivity contribution is 5.90. The van der Waals surface area contributed by atoms with Gasteiger partial charge in [0, 0.05) is 13.0 Å². The summed E-state index contributed by atoms with van der Waals surface area (Å²) in [5.74, 6) is -1.31. The van der Waals surface area contributed by atoms with Crippen molar-refractivity contribution in [2.24, 2.45) is 5.92 Å². The van der Waals surface area contributed by atoms with Crippen molar-refractivity contribution in [2.45, 2.75) is 31.8 Å². The smallest absolute Gasteiger partial charge is 0.277 e. The van der Waals surface area contributed by atoms with E-state index in [0.29, 0.717) is 0 Å². The number of aromatic amines is 1. The topological polar surface area (TPSA) is 166 Å². The van der Waals surface area contributed by atoms with Crippen LogP contribution in [0.25, 0.3) is 0 Å². The second kappa shape index (κ2) is 7.53. The molecule has 11 nitrogen and oxygen atoms in total. The van der Waals surface area contributed by atoms with Crippen LogP contribution in [0, 0.1) is 5.92 Å². The highest BCUT2D eigenvalue weighted by atomic mass is 19.1. The lowest BCUT2D eigenvalue weighted by atomic mass is 10.1. The lowest BCUT2D eigenvalue weighted by Gasteiger charge is -2.37. The molecule has 3 atom stereocenters. The fourth-order valence-electron chi connectivity index (χ4n) is 2.47. The number of aliphatic hydroxyl groups excluding tert-OH is 1. The van der Waals surface area contributed by atoms with Crippen LogP contribution < -0.4 is 27.0 Å². The highest BCUT2D eigenvalue weighted by Crippen LogP contribution is 2.34. The number of hydrazine groups is 1. The number of carbonyl (C=O) groups excluding carboxylic acids is 1. The number of hydrogen-bond acceptors (Lipinski definition) is 9. The van der Waals surface area contributed by atoms with Crippen LogP contribution in [-0.2, 0) is 9.53 Å². The number of hydrogen-bond donors (Lipinski definition) is 6. The average molecular weight is 374 g/mol. The number of aromatic nitrogens is 2. The second-order valence-corrected chi connectivity index (χ2v) is 6.17. The van der Waals surface area contributed by atoms with Gasteiger partial charge in [-0.15, -0.1) is 0 Å². The molecule has 2 rings (SSSR count). The van der Waals surface area contributed by atoms with Gasteiger partial charge >= 0.3 is 0 Å². The first kappa shape index (κ1) is 20.0. The van der Waals surface area contributed by atoms with Crippen LogP contribution >= 0.6 is 0 Å².